The van der Waals surface area contributed by atoms with Crippen LogP contribution in [0.4, 0.5) is 30.6 Å². The third-order valence-corrected chi connectivity index (χ3v) is 5.50. The molecule has 1 aliphatic rings. The van der Waals surface area contributed by atoms with Gasteiger partial charge in [-0.2, -0.15) is 23.3 Å². The molecule has 33 heavy (non-hydrogen) atoms. The molecule has 1 aliphatic heterocycles. The number of benzene rings is 1. The van der Waals surface area contributed by atoms with Crippen LogP contribution in [0.2, 0.25) is 5.02 Å². The highest BCUT2D eigenvalue weighted by molar-refractivity contribution is 6.30. The highest BCUT2D eigenvalue weighted by atomic mass is 35.5. The van der Waals surface area contributed by atoms with Crippen LogP contribution in [0.25, 0.3) is 11.3 Å². The molecule has 0 aliphatic carbocycles. The summed E-state index contributed by atoms with van der Waals surface area (Å²) in [5.41, 5.74) is 2.06. The van der Waals surface area contributed by atoms with Crippen molar-refractivity contribution in [2.75, 3.05) is 23.7 Å². The molecule has 0 saturated carbocycles. The van der Waals surface area contributed by atoms with Crippen molar-refractivity contribution in [2.24, 2.45) is 7.05 Å². The molecule has 0 spiro atoms. The van der Waals surface area contributed by atoms with Crippen molar-refractivity contribution in [1.29, 1.82) is 0 Å². The molecule has 0 bridgehead atoms. The van der Waals surface area contributed by atoms with Crippen molar-refractivity contribution < 1.29 is 18.0 Å². The van der Waals surface area contributed by atoms with Crippen LogP contribution in [0, 0.1) is 0 Å². The minimum Gasteiger partial charge on any atom is -0.366 e. The lowest BCUT2D eigenvalue weighted by molar-refractivity contribution is -0.186. The number of anilines is 3. The fourth-order valence-electron chi connectivity index (χ4n) is 3.56. The van der Waals surface area contributed by atoms with Crippen LogP contribution in [-0.4, -0.2) is 55.9 Å². The fraction of sp³-hybridized carbons (Fsp3) is 0.333. The van der Waals surface area contributed by atoms with Crippen LogP contribution in [0.1, 0.15) is 12.8 Å². The molecular formula is C21H21ClF3N7O. The molecule has 0 atom stereocenters. The highest BCUT2D eigenvalue weighted by Crippen LogP contribution is 2.29. The second-order valence-corrected chi connectivity index (χ2v) is 8.11. The van der Waals surface area contributed by atoms with Crippen LogP contribution in [-0.2, 0) is 11.8 Å². The van der Waals surface area contributed by atoms with Gasteiger partial charge in [-0.1, -0.05) is 11.6 Å². The number of carbonyl (C=O) groups is 1. The molecule has 1 saturated heterocycles. The molecule has 1 aromatic carbocycles. The second-order valence-electron chi connectivity index (χ2n) is 7.67. The summed E-state index contributed by atoms with van der Waals surface area (Å²) in [6, 6.07) is 8.71. The normalized spacial score (nSPS) is 14.9. The molecule has 2 aromatic heterocycles. The number of rotatable bonds is 5. The summed E-state index contributed by atoms with van der Waals surface area (Å²) in [5, 5.41) is 11.4. The van der Waals surface area contributed by atoms with E-state index in [0.29, 0.717) is 40.9 Å². The van der Waals surface area contributed by atoms with Crippen molar-refractivity contribution in [3.05, 3.63) is 47.7 Å². The molecular weight excluding hydrogens is 459 g/mol. The smallest absolute Gasteiger partial charge is 0.366 e. The average Bonchev–Trinajstić information content (AvgIpc) is 3.21. The number of nitrogens with zero attached hydrogens (tertiary/aromatic N) is 5. The standard InChI is InChI=1S/C21H21ClF3N7O/c1-31-9-8-17(30-31)16-12-26-20(28-14-4-2-13(22)3-5-14)29-18(16)27-15-6-10-32(11-7-15)19(33)21(23,24)25/h2-5,8-9,12,15H,6-7,10-11H2,1H3,(H2,26,27,28,29). The van der Waals surface area contributed by atoms with Gasteiger partial charge in [0.2, 0.25) is 5.95 Å². The van der Waals surface area contributed by atoms with E-state index >= 15 is 0 Å². The van der Waals surface area contributed by atoms with Crippen molar-refractivity contribution in [3.63, 3.8) is 0 Å². The Labute approximate surface area is 192 Å². The predicted octanol–water partition coefficient (Wildman–Crippen LogP) is 4.24. The molecule has 2 N–H and O–H groups in total. The zero-order valence-corrected chi connectivity index (χ0v) is 18.4. The van der Waals surface area contributed by atoms with E-state index in [9.17, 15) is 18.0 Å². The van der Waals surface area contributed by atoms with E-state index in [0.717, 1.165) is 10.6 Å². The number of nitrogens with one attached hydrogen (secondary N) is 2. The average molecular weight is 480 g/mol. The predicted molar refractivity (Wildman–Crippen MR) is 118 cm³/mol. The van der Waals surface area contributed by atoms with E-state index in [4.69, 9.17) is 11.6 Å². The molecule has 0 unspecified atom stereocenters. The summed E-state index contributed by atoms with van der Waals surface area (Å²) >= 11 is 5.93. The molecule has 8 nitrogen and oxygen atoms in total. The van der Waals surface area contributed by atoms with Gasteiger partial charge in [0.25, 0.3) is 0 Å². The Bertz CT molecular complexity index is 1130. The van der Waals surface area contributed by atoms with Gasteiger partial charge in [0.15, 0.2) is 0 Å². The van der Waals surface area contributed by atoms with Crippen LogP contribution >= 0.6 is 11.6 Å². The van der Waals surface area contributed by atoms with Gasteiger partial charge in [0.1, 0.15) is 5.82 Å². The number of halogens is 4. The van der Waals surface area contributed by atoms with Crippen molar-refractivity contribution >= 4 is 35.0 Å². The molecule has 1 amide bonds. The Morgan fingerprint density at radius 3 is 2.45 bits per heavy atom. The Hall–Kier alpha value is -3.34. The molecule has 4 rings (SSSR count). The molecule has 174 valence electrons. The first-order valence-electron chi connectivity index (χ1n) is 10.2. The van der Waals surface area contributed by atoms with Crippen molar-refractivity contribution in [3.8, 4) is 11.3 Å². The van der Waals surface area contributed by atoms with Crippen molar-refractivity contribution in [2.45, 2.75) is 25.1 Å². The Morgan fingerprint density at radius 1 is 1.15 bits per heavy atom. The Kier molecular flexibility index (Phi) is 6.41. The first kappa shape index (κ1) is 22.8. The number of alkyl halides is 3. The number of aromatic nitrogens is 4. The second kappa shape index (κ2) is 9.26. The molecule has 0 radical (unpaired) electrons. The topological polar surface area (TPSA) is 88.0 Å². The maximum Gasteiger partial charge on any atom is 0.471 e. The number of hydrogen-bond acceptors (Lipinski definition) is 6. The maximum absolute atomic E-state index is 12.7. The fourth-order valence-corrected chi connectivity index (χ4v) is 3.69. The van der Waals surface area contributed by atoms with Crippen molar-refractivity contribution in [1.82, 2.24) is 24.6 Å². The number of amides is 1. The van der Waals surface area contributed by atoms with E-state index < -0.39 is 12.1 Å². The van der Waals surface area contributed by atoms with Gasteiger partial charge in [-0.3, -0.25) is 9.48 Å². The van der Waals surface area contributed by atoms with Gasteiger partial charge in [-0.15, -0.1) is 0 Å². The Morgan fingerprint density at radius 2 is 1.85 bits per heavy atom. The lowest BCUT2D eigenvalue weighted by Gasteiger charge is -2.33. The summed E-state index contributed by atoms with van der Waals surface area (Å²) in [6.45, 7) is 0.0196. The van der Waals surface area contributed by atoms with Crippen LogP contribution < -0.4 is 10.6 Å². The number of likely N-dealkylation sites (tertiary alicyclic amines) is 1. The zero-order valence-electron chi connectivity index (χ0n) is 17.6. The maximum atomic E-state index is 12.7. The summed E-state index contributed by atoms with van der Waals surface area (Å²) in [4.78, 5) is 21.3. The number of hydrogen-bond donors (Lipinski definition) is 2. The number of aryl methyl sites for hydroxylation is 1. The van der Waals surface area contributed by atoms with Gasteiger partial charge < -0.3 is 15.5 Å². The van der Waals surface area contributed by atoms with E-state index in [1.807, 2.05) is 6.07 Å². The van der Waals surface area contributed by atoms with Crippen LogP contribution in [0.5, 0.6) is 0 Å². The monoisotopic (exact) mass is 479 g/mol. The SMILES string of the molecule is Cn1ccc(-c2cnc(Nc3ccc(Cl)cc3)nc2NC2CCN(C(=O)C(F)(F)F)CC2)n1. The van der Waals surface area contributed by atoms with Gasteiger partial charge in [0.05, 0.1) is 11.3 Å². The van der Waals surface area contributed by atoms with Gasteiger partial charge in [-0.25, -0.2) is 4.98 Å². The van der Waals surface area contributed by atoms with Crippen LogP contribution in [0.15, 0.2) is 42.7 Å². The lowest BCUT2D eigenvalue weighted by Crippen LogP contribution is -2.47. The van der Waals surface area contributed by atoms with E-state index in [-0.39, 0.29) is 19.1 Å². The molecule has 3 aromatic rings. The highest BCUT2D eigenvalue weighted by Gasteiger charge is 2.43. The summed E-state index contributed by atoms with van der Waals surface area (Å²) < 4.78 is 39.8. The largest absolute Gasteiger partial charge is 0.471 e. The summed E-state index contributed by atoms with van der Waals surface area (Å²) in [5.74, 6) is -0.962. The minimum atomic E-state index is -4.86. The number of piperidine rings is 1. The summed E-state index contributed by atoms with van der Waals surface area (Å²) in [7, 11) is 1.79. The van der Waals surface area contributed by atoms with Gasteiger partial charge in [0, 0.05) is 49.3 Å². The van der Waals surface area contributed by atoms with E-state index in [2.05, 4.69) is 25.7 Å². The van der Waals surface area contributed by atoms with E-state index in [1.54, 1.807) is 48.4 Å². The number of carbonyl (C=O) groups excluding carboxylic acids is 1. The van der Waals surface area contributed by atoms with Gasteiger partial charge in [-0.05, 0) is 43.2 Å². The molecule has 12 heteroatoms. The molecule has 1 fully saturated rings. The van der Waals surface area contributed by atoms with Gasteiger partial charge >= 0.3 is 12.1 Å². The zero-order chi connectivity index (χ0) is 23.6. The quantitative estimate of drug-likeness (QED) is 0.569. The van der Waals surface area contributed by atoms with E-state index in [1.165, 1.54) is 0 Å². The lowest BCUT2D eigenvalue weighted by atomic mass is 10.0. The first-order valence-corrected chi connectivity index (χ1v) is 10.6. The minimum absolute atomic E-state index is 0.00982. The first-order chi connectivity index (χ1) is 15.7. The summed E-state index contributed by atoms with van der Waals surface area (Å²) in [6.07, 6.45) is -0.722. The third-order valence-electron chi connectivity index (χ3n) is 5.24. The third kappa shape index (κ3) is 5.54. The molecule has 3 heterocycles. The van der Waals surface area contributed by atoms with Crippen LogP contribution in [0.3, 0.4) is 0 Å². The Balaban J connectivity index is 1.53.